The monoisotopic (exact) mass is 670 g/mol. The van der Waals surface area contributed by atoms with E-state index >= 15 is 0 Å². The van der Waals surface area contributed by atoms with Gasteiger partial charge in [0, 0.05) is 56.1 Å². The Kier molecular flexibility index (Phi) is 9.63. The van der Waals surface area contributed by atoms with Gasteiger partial charge in [0.05, 0.1) is 36.9 Å². The number of halogens is 4. The van der Waals surface area contributed by atoms with Crippen LogP contribution < -0.4 is 15.0 Å². The number of carbonyl (C=O) groups is 1. The number of nitrogens with zero attached hydrogens (tertiary/aromatic N) is 7. The average Bonchev–Trinajstić information content (AvgIpc) is 3.04. The molecule has 0 aliphatic carbocycles. The molecule has 3 aromatic rings. The fraction of sp³-hybridized carbons (Fsp3) is 0.469. The van der Waals surface area contributed by atoms with Crippen molar-refractivity contribution in [2.45, 2.75) is 43.9 Å². The van der Waals surface area contributed by atoms with Crippen molar-refractivity contribution in [3.8, 4) is 23.2 Å². The molecule has 1 aromatic heterocycles. The number of anilines is 3. The van der Waals surface area contributed by atoms with Crippen LogP contribution in [-0.2, 0) is 15.7 Å². The standard InChI is InChI=1S/C32H34F4N8O4/c1-19(45)30(46)44-7-6-28(25(33)15-44)48-27-5-2-20(12-21(27)14-37)29-38-18-39-31(41-29)40-22-3-4-26(24(13-22)32(34,35)36)43-10-8-42(9-11-43)23-16-47-17-23/h2-5,12-13,18-19,23,25,28,45H,6-11,15-17H2,1H3,(H,38,39,40,41)/t19-,25-,28-/m0/s1. The maximum absolute atomic E-state index is 14.9. The molecule has 4 heterocycles. The van der Waals surface area contributed by atoms with Crippen molar-refractivity contribution < 1.29 is 36.9 Å². The van der Waals surface area contributed by atoms with Crippen LogP contribution in [0.3, 0.4) is 0 Å². The number of benzene rings is 2. The van der Waals surface area contributed by atoms with Gasteiger partial charge >= 0.3 is 6.18 Å². The van der Waals surface area contributed by atoms with Crippen LogP contribution in [0.5, 0.6) is 5.75 Å². The van der Waals surface area contributed by atoms with Crippen molar-refractivity contribution in [3.05, 3.63) is 53.9 Å². The van der Waals surface area contributed by atoms with Crippen LogP contribution in [-0.4, -0.2) is 113 Å². The maximum Gasteiger partial charge on any atom is 0.418 e. The number of hydrogen-bond acceptors (Lipinski definition) is 11. The Balaban J connectivity index is 1.14. The molecule has 3 saturated heterocycles. The summed E-state index contributed by atoms with van der Waals surface area (Å²) in [6.45, 7) is 4.83. The van der Waals surface area contributed by atoms with Gasteiger partial charge in [0.2, 0.25) is 5.95 Å². The third-order valence-corrected chi connectivity index (χ3v) is 8.71. The Hall–Kier alpha value is -4.59. The molecule has 0 saturated carbocycles. The summed E-state index contributed by atoms with van der Waals surface area (Å²) < 4.78 is 68.6. The Morgan fingerprint density at radius 1 is 1.12 bits per heavy atom. The summed E-state index contributed by atoms with van der Waals surface area (Å²) >= 11 is 0. The van der Waals surface area contributed by atoms with Crippen molar-refractivity contribution in [2.75, 3.05) is 62.7 Å². The molecule has 3 fully saturated rings. The van der Waals surface area contributed by atoms with Gasteiger partial charge in [0.15, 0.2) is 12.0 Å². The van der Waals surface area contributed by atoms with E-state index in [1.807, 2.05) is 6.07 Å². The second kappa shape index (κ2) is 13.9. The minimum atomic E-state index is -4.59. The highest BCUT2D eigenvalue weighted by atomic mass is 19.4. The van der Waals surface area contributed by atoms with E-state index in [2.05, 4.69) is 25.2 Å². The van der Waals surface area contributed by atoms with Gasteiger partial charge in [0.1, 0.15) is 30.4 Å². The summed E-state index contributed by atoms with van der Waals surface area (Å²) in [5.41, 5.74) is -0.0379. The van der Waals surface area contributed by atoms with Gasteiger partial charge in [-0.3, -0.25) is 9.69 Å². The number of alkyl halides is 4. The Morgan fingerprint density at radius 3 is 2.54 bits per heavy atom. The van der Waals surface area contributed by atoms with Crippen molar-refractivity contribution >= 4 is 23.2 Å². The molecule has 3 aliphatic heterocycles. The van der Waals surface area contributed by atoms with E-state index < -0.39 is 36.0 Å². The van der Waals surface area contributed by atoms with E-state index in [0.29, 0.717) is 51.0 Å². The Labute approximate surface area is 273 Å². The average molecular weight is 671 g/mol. The summed E-state index contributed by atoms with van der Waals surface area (Å²) in [6.07, 6.45) is -6.91. The topological polar surface area (TPSA) is 140 Å². The van der Waals surface area contributed by atoms with E-state index in [9.17, 15) is 32.7 Å². The maximum atomic E-state index is 14.9. The highest BCUT2D eigenvalue weighted by Gasteiger charge is 2.37. The van der Waals surface area contributed by atoms with Crippen LogP contribution in [0.2, 0.25) is 0 Å². The smallest absolute Gasteiger partial charge is 0.418 e. The van der Waals surface area contributed by atoms with E-state index in [4.69, 9.17) is 9.47 Å². The number of carbonyl (C=O) groups excluding carboxylic acids is 1. The number of likely N-dealkylation sites (tertiary alicyclic amines) is 1. The van der Waals surface area contributed by atoms with Gasteiger partial charge in [0.25, 0.3) is 5.91 Å². The van der Waals surface area contributed by atoms with E-state index in [0.717, 1.165) is 6.07 Å². The Bertz CT molecular complexity index is 1670. The summed E-state index contributed by atoms with van der Waals surface area (Å²) in [6, 6.07) is 10.9. The lowest BCUT2D eigenvalue weighted by Crippen LogP contribution is -2.56. The number of ether oxygens (including phenoxy) is 2. The number of piperazine rings is 1. The molecule has 0 bridgehead atoms. The van der Waals surface area contributed by atoms with E-state index in [-0.39, 0.29) is 54.0 Å². The van der Waals surface area contributed by atoms with Gasteiger partial charge < -0.3 is 29.7 Å². The molecular weight excluding hydrogens is 636 g/mol. The van der Waals surface area contributed by atoms with Crippen LogP contribution in [0, 0.1) is 11.3 Å². The molecule has 16 heteroatoms. The normalized spacial score (nSPS) is 21.3. The van der Waals surface area contributed by atoms with Gasteiger partial charge in [-0.15, -0.1) is 0 Å². The summed E-state index contributed by atoms with van der Waals surface area (Å²) in [4.78, 5) is 29.8. The molecule has 0 spiro atoms. The fourth-order valence-electron chi connectivity index (χ4n) is 6.01. The molecular formula is C32H34F4N8O4. The van der Waals surface area contributed by atoms with Crippen molar-refractivity contribution in [1.82, 2.24) is 24.8 Å². The van der Waals surface area contributed by atoms with Gasteiger partial charge in [-0.1, -0.05) is 0 Å². The largest absolute Gasteiger partial charge is 0.486 e. The SMILES string of the molecule is C[C@H](O)C(=O)N1CC[C@H](Oc2ccc(-c3ncnc(Nc4ccc(N5CCN(C6COC6)CC5)c(C(F)(F)F)c4)n3)cc2C#N)[C@@H](F)C1. The quantitative estimate of drug-likeness (QED) is 0.341. The number of nitriles is 1. The first kappa shape index (κ1) is 33.3. The number of amides is 1. The summed E-state index contributed by atoms with van der Waals surface area (Å²) in [5.74, 6) is -0.289. The first-order valence-corrected chi connectivity index (χ1v) is 15.6. The highest BCUT2D eigenvalue weighted by Crippen LogP contribution is 2.39. The molecule has 254 valence electrons. The van der Waals surface area contributed by atoms with Gasteiger partial charge in [-0.05, 0) is 43.3 Å². The van der Waals surface area contributed by atoms with Gasteiger partial charge in [-0.2, -0.15) is 23.4 Å². The molecule has 3 atom stereocenters. The lowest BCUT2D eigenvalue weighted by Gasteiger charge is -2.43. The molecule has 48 heavy (non-hydrogen) atoms. The summed E-state index contributed by atoms with van der Waals surface area (Å²) in [5, 5.41) is 22.1. The first-order valence-electron chi connectivity index (χ1n) is 15.6. The molecule has 1 amide bonds. The number of nitrogens with one attached hydrogen (secondary N) is 1. The van der Waals surface area contributed by atoms with Crippen LogP contribution in [0.25, 0.3) is 11.4 Å². The third-order valence-electron chi connectivity index (χ3n) is 8.71. The molecule has 2 N–H and O–H groups in total. The second-order valence-electron chi connectivity index (χ2n) is 11.9. The number of hydrogen-bond donors (Lipinski definition) is 2. The number of aliphatic hydroxyl groups excluding tert-OH is 1. The second-order valence-corrected chi connectivity index (χ2v) is 11.9. The molecule has 0 unspecified atom stereocenters. The van der Waals surface area contributed by atoms with Crippen LogP contribution in [0.4, 0.5) is 34.9 Å². The minimum Gasteiger partial charge on any atom is -0.486 e. The van der Waals surface area contributed by atoms with Gasteiger partial charge in [-0.25, -0.2) is 14.4 Å². The zero-order valence-electron chi connectivity index (χ0n) is 26.0. The Morgan fingerprint density at radius 2 is 1.90 bits per heavy atom. The van der Waals surface area contributed by atoms with Crippen LogP contribution in [0.1, 0.15) is 24.5 Å². The fourth-order valence-corrected chi connectivity index (χ4v) is 6.01. The molecule has 12 nitrogen and oxygen atoms in total. The van der Waals surface area contributed by atoms with Crippen LogP contribution in [0.15, 0.2) is 42.7 Å². The third kappa shape index (κ3) is 7.28. The molecule has 6 rings (SSSR count). The van der Waals surface area contributed by atoms with E-state index in [1.165, 1.54) is 36.4 Å². The number of aromatic nitrogens is 3. The lowest BCUT2D eigenvalue weighted by molar-refractivity contribution is -0.143. The summed E-state index contributed by atoms with van der Waals surface area (Å²) in [7, 11) is 0. The number of rotatable bonds is 8. The van der Waals surface area contributed by atoms with Crippen molar-refractivity contribution in [1.29, 1.82) is 5.26 Å². The predicted molar refractivity (Wildman–Crippen MR) is 165 cm³/mol. The zero-order valence-corrected chi connectivity index (χ0v) is 26.0. The predicted octanol–water partition coefficient (Wildman–Crippen LogP) is 3.39. The molecule has 2 aromatic carbocycles. The number of aliphatic hydroxyl groups is 1. The highest BCUT2D eigenvalue weighted by molar-refractivity contribution is 5.80. The lowest BCUT2D eigenvalue weighted by atomic mass is 10.0. The van der Waals surface area contributed by atoms with Crippen LogP contribution >= 0.6 is 0 Å². The first-order chi connectivity index (χ1) is 23.0. The molecule has 0 radical (unpaired) electrons. The number of piperidine rings is 1. The van der Waals surface area contributed by atoms with Crippen molar-refractivity contribution in [3.63, 3.8) is 0 Å². The minimum absolute atomic E-state index is 0.00480. The zero-order chi connectivity index (χ0) is 34.0. The van der Waals surface area contributed by atoms with Crippen molar-refractivity contribution in [2.24, 2.45) is 0 Å². The van der Waals surface area contributed by atoms with E-state index in [1.54, 1.807) is 17.0 Å². The molecule has 3 aliphatic rings.